The first kappa shape index (κ1) is 30.5. The van der Waals surface area contributed by atoms with E-state index >= 15 is 0 Å². The number of nitrogens with zero attached hydrogens (tertiary/aromatic N) is 2. The number of carbonyl (C=O) groups is 2. The summed E-state index contributed by atoms with van der Waals surface area (Å²) in [6.45, 7) is 7.59. The van der Waals surface area contributed by atoms with Crippen molar-refractivity contribution in [3.05, 3.63) is 83.9 Å². The molecule has 3 aromatic rings. The first-order chi connectivity index (χ1) is 19.1. The summed E-state index contributed by atoms with van der Waals surface area (Å²) in [5.74, 6) is 0.373. The molecule has 2 amide bonds. The number of carbonyl (C=O) groups excluding carboxylic acids is 2. The van der Waals surface area contributed by atoms with Crippen LogP contribution in [-0.4, -0.2) is 58.0 Å². The third-order valence-corrected chi connectivity index (χ3v) is 8.14. The average molecular weight is 568 g/mol. The molecular formula is C30H37N3O6S. The van der Waals surface area contributed by atoms with Gasteiger partial charge in [-0.25, -0.2) is 8.42 Å². The van der Waals surface area contributed by atoms with Crippen LogP contribution in [0.15, 0.2) is 77.7 Å². The fraction of sp³-hybridized carbons (Fsp3) is 0.333. The molecule has 3 rings (SSSR count). The fourth-order valence-corrected chi connectivity index (χ4v) is 5.49. The summed E-state index contributed by atoms with van der Waals surface area (Å²) in [6.07, 6.45) is 0. The largest absolute Gasteiger partial charge is 0.497 e. The van der Waals surface area contributed by atoms with Crippen LogP contribution in [0.3, 0.4) is 0 Å². The lowest BCUT2D eigenvalue weighted by Gasteiger charge is -2.32. The zero-order valence-corrected chi connectivity index (χ0v) is 24.4. The number of methoxy groups -OCH3 is 1. The average Bonchev–Trinajstić information content (AvgIpc) is 2.95. The van der Waals surface area contributed by atoms with Gasteiger partial charge in [0.2, 0.25) is 11.8 Å². The first-order valence-electron chi connectivity index (χ1n) is 13.1. The number of rotatable bonds is 13. The number of sulfonamides is 1. The van der Waals surface area contributed by atoms with Crippen molar-refractivity contribution in [3.63, 3.8) is 0 Å². The molecule has 214 valence electrons. The van der Waals surface area contributed by atoms with E-state index in [1.165, 1.54) is 17.0 Å². The Morgan fingerprint density at radius 1 is 0.900 bits per heavy atom. The van der Waals surface area contributed by atoms with Gasteiger partial charge in [-0.1, -0.05) is 29.8 Å². The number of ether oxygens (including phenoxy) is 2. The van der Waals surface area contributed by atoms with Gasteiger partial charge in [0, 0.05) is 13.1 Å². The lowest BCUT2D eigenvalue weighted by atomic mass is 10.1. The third kappa shape index (κ3) is 7.53. The minimum absolute atomic E-state index is 0.0539. The molecule has 0 aliphatic heterocycles. The van der Waals surface area contributed by atoms with Crippen LogP contribution in [0, 0.1) is 6.92 Å². The van der Waals surface area contributed by atoms with Gasteiger partial charge in [-0.05, 0) is 81.8 Å². The Bertz CT molecular complexity index is 1370. The topological polar surface area (TPSA) is 105 Å². The summed E-state index contributed by atoms with van der Waals surface area (Å²) in [4.78, 5) is 28.2. The molecule has 10 heteroatoms. The SMILES string of the molecule is CCNC(=O)[C@H](C)N(Cc1ccc(OC)cc1)C(=O)CN(c1ccc(OCC)cc1)S(=O)(=O)c1ccc(C)cc1. The van der Waals surface area contributed by atoms with Crippen LogP contribution in [0.2, 0.25) is 0 Å². The summed E-state index contributed by atoms with van der Waals surface area (Å²) in [5, 5.41) is 2.75. The highest BCUT2D eigenvalue weighted by Gasteiger charge is 2.32. The van der Waals surface area contributed by atoms with Gasteiger partial charge in [0.05, 0.1) is 24.3 Å². The zero-order chi connectivity index (χ0) is 29.3. The monoisotopic (exact) mass is 567 g/mol. The molecule has 0 aromatic heterocycles. The van der Waals surface area contributed by atoms with Crippen LogP contribution < -0.4 is 19.1 Å². The number of amides is 2. The highest BCUT2D eigenvalue weighted by molar-refractivity contribution is 7.92. The Morgan fingerprint density at radius 2 is 1.50 bits per heavy atom. The second-order valence-electron chi connectivity index (χ2n) is 9.19. The van der Waals surface area contributed by atoms with Gasteiger partial charge in [0.15, 0.2) is 0 Å². The molecule has 0 saturated carbocycles. The quantitative estimate of drug-likeness (QED) is 0.333. The number of anilines is 1. The highest BCUT2D eigenvalue weighted by atomic mass is 32.2. The molecule has 0 bridgehead atoms. The van der Waals surface area contributed by atoms with Crippen LogP contribution in [0.5, 0.6) is 11.5 Å². The van der Waals surface area contributed by atoms with Crippen LogP contribution in [0.1, 0.15) is 31.9 Å². The lowest BCUT2D eigenvalue weighted by molar-refractivity contribution is -0.139. The van der Waals surface area contributed by atoms with Crippen molar-refractivity contribution < 1.29 is 27.5 Å². The van der Waals surface area contributed by atoms with Gasteiger partial charge < -0.3 is 19.7 Å². The number of nitrogens with one attached hydrogen (secondary N) is 1. The Morgan fingerprint density at radius 3 is 2.05 bits per heavy atom. The molecule has 0 aliphatic rings. The zero-order valence-electron chi connectivity index (χ0n) is 23.6. The Kier molecular flexibility index (Phi) is 10.6. The summed E-state index contributed by atoms with van der Waals surface area (Å²) in [7, 11) is -2.57. The Hall–Kier alpha value is -4.05. The standard InChI is InChI=1S/C30H37N3O6S/c1-6-31-30(35)23(4)32(20-24-10-14-26(38-5)15-11-24)29(34)21-33(25-12-16-27(17-13-25)39-7-2)40(36,37)28-18-8-22(3)9-19-28/h8-19,23H,6-7,20-21H2,1-5H3,(H,31,35)/t23-/m0/s1. The third-order valence-electron chi connectivity index (χ3n) is 6.35. The van der Waals surface area contributed by atoms with Crippen molar-refractivity contribution in [3.8, 4) is 11.5 Å². The maximum absolute atomic E-state index is 13.9. The minimum atomic E-state index is -4.13. The van der Waals surface area contributed by atoms with Gasteiger partial charge in [-0.15, -0.1) is 0 Å². The maximum atomic E-state index is 13.9. The molecule has 0 aliphatic carbocycles. The van der Waals surface area contributed by atoms with Crippen molar-refractivity contribution in [2.24, 2.45) is 0 Å². The molecule has 0 fully saturated rings. The number of hydrogen-bond donors (Lipinski definition) is 1. The van der Waals surface area contributed by atoms with Gasteiger partial charge in [-0.3, -0.25) is 13.9 Å². The van der Waals surface area contributed by atoms with Crippen molar-refractivity contribution in [2.75, 3.05) is 31.1 Å². The number of benzene rings is 3. The van der Waals surface area contributed by atoms with Crippen LogP contribution in [0.25, 0.3) is 0 Å². The van der Waals surface area contributed by atoms with E-state index in [-0.39, 0.29) is 17.3 Å². The predicted molar refractivity (Wildman–Crippen MR) is 155 cm³/mol. The lowest BCUT2D eigenvalue weighted by Crippen LogP contribution is -2.51. The van der Waals surface area contributed by atoms with Crippen molar-refractivity contribution in [2.45, 2.75) is 45.2 Å². The number of hydrogen-bond acceptors (Lipinski definition) is 6. The second kappa shape index (κ2) is 13.8. The highest BCUT2D eigenvalue weighted by Crippen LogP contribution is 2.27. The molecule has 0 heterocycles. The molecule has 0 saturated heterocycles. The molecule has 0 radical (unpaired) electrons. The Labute approximate surface area is 236 Å². The normalized spacial score (nSPS) is 11.8. The fourth-order valence-electron chi connectivity index (χ4n) is 4.07. The first-order valence-corrected chi connectivity index (χ1v) is 14.6. The van der Waals surface area contributed by atoms with E-state index < -0.39 is 28.5 Å². The summed E-state index contributed by atoms with van der Waals surface area (Å²) in [6, 6.07) is 19.3. The molecule has 40 heavy (non-hydrogen) atoms. The van der Waals surface area contributed by atoms with Crippen LogP contribution in [0.4, 0.5) is 5.69 Å². The van der Waals surface area contributed by atoms with Crippen LogP contribution >= 0.6 is 0 Å². The summed E-state index contributed by atoms with van der Waals surface area (Å²) in [5.41, 5.74) is 1.97. The van der Waals surface area contributed by atoms with Gasteiger partial charge in [-0.2, -0.15) is 0 Å². The Balaban J connectivity index is 2.02. The summed E-state index contributed by atoms with van der Waals surface area (Å²) >= 11 is 0. The van der Waals surface area contributed by atoms with E-state index in [2.05, 4.69) is 5.32 Å². The number of aryl methyl sites for hydroxylation is 1. The van der Waals surface area contributed by atoms with E-state index in [0.29, 0.717) is 30.3 Å². The molecule has 1 atom stereocenters. The van der Waals surface area contributed by atoms with Crippen molar-refractivity contribution >= 4 is 27.5 Å². The van der Waals surface area contributed by atoms with Gasteiger partial charge in [0.1, 0.15) is 24.1 Å². The molecule has 1 N–H and O–H groups in total. The summed E-state index contributed by atoms with van der Waals surface area (Å²) < 4.78 is 39.6. The number of likely N-dealkylation sites (N-methyl/N-ethyl adjacent to an activating group) is 1. The predicted octanol–water partition coefficient (Wildman–Crippen LogP) is 4.15. The van der Waals surface area contributed by atoms with Crippen molar-refractivity contribution in [1.82, 2.24) is 10.2 Å². The second-order valence-corrected chi connectivity index (χ2v) is 11.1. The molecule has 0 spiro atoms. The molecule has 9 nitrogen and oxygen atoms in total. The van der Waals surface area contributed by atoms with Crippen LogP contribution in [-0.2, 0) is 26.2 Å². The smallest absolute Gasteiger partial charge is 0.264 e. The van der Waals surface area contributed by atoms with E-state index in [1.807, 2.05) is 13.8 Å². The van der Waals surface area contributed by atoms with Gasteiger partial charge >= 0.3 is 0 Å². The molecule has 3 aromatic carbocycles. The van der Waals surface area contributed by atoms with E-state index in [1.54, 1.807) is 81.6 Å². The molecular weight excluding hydrogens is 530 g/mol. The van der Waals surface area contributed by atoms with E-state index in [0.717, 1.165) is 15.4 Å². The van der Waals surface area contributed by atoms with Crippen molar-refractivity contribution in [1.29, 1.82) is 0 Å². The van der Waals surface area contributed by atoms with E-state index in [4.69, 9.17) is 9.47 Å². The molecule has 0 unspecified atom stereocenters. The minimum Gasteiger partial charge on any atom is -0.497 e. The maximum Gasteiger partial charge on any atom is 0.264 e. The van der Waals surface area contributed by atoms with Gasteiger partial charge in [0.25, 0.3) is 10.0 Å². The van der Waals surface area contributed by atoms with E-state index in [9.17, 15) is 18.0 Å².